The number of anilines is 1. The first-order valence-corrected chi connectivity index (χ1v) is 10.5. The second-order valence-electron chi connectivity index (χ2n) is 7.94. The number of ether oxygens (including phenoxy) is 2. The van der Waals surface area contributed by atoms with Crippen LogP contribution in [0, 0.1) is 0 Å². The van der Waals surface area contributed by atoms with Crippen molar-refractivity contribution in [2.24, 2.45) is 0 Å². The second-order valence-corrected chi connectivity index (χ2v) is 7.94. The van der Waals surface area contributed by atoms with Gasteiger partial charge in [0.2, 0.25) is 5.91 Å². The summed E-state index contributed by atoms with van der Waals surface area (Å²) in [6.45, 7) is 0. The fourth-order valence-electron chi connectivity index (χ4n) is 4.47. The topological polar surface area (TPSA) is 65.4 Å². The average Bonchev–Trinajstić information content (AvgIpc) is 3.43. The highest BCUT2D eigenvalue weighted by Crippen LogP contribution is 2.41. The van der Waals surface area contributed by atoms with Gasteiger partial charge in [-0.3, -0.25) is 4.79 Å². The van der Waals surface area contributed by atoms with Gasteiger partial charge in [-0.1, -0.05) is 24.3 Å². The maximum Gasteiger partial charge on any atom is 0.226 e. The number of carbonyl (C=O) groups is 1. The van der Waals surface area contributed by atoms with Gasteiger partial charge in [0.1, 0.15) is 5.82 Å². The van der Waals surface area contributed by atoms with Gasteiger partial charge in [-0.05, 0) is 55.5 Å². The molecule has 0 saturated heterocycles. The van der Waals surface area contributed by atoms with E-state index in [1.807, 2.05) is 54.7 Å². The molecule has 1 saturated carbocycles. The first-order chi connectivity index (χ1) is 14.7. The molecule has 1 amide bonds. The SMILES string of the molecule is COc1ccc(C2CC(=O)Nc3c2cnn3-c2ccccc2)cc1OC1CCCC1. The van der Waals surface area contributed by atoms with E-state index in [-0.39, 0.29) is 17.9 Å². The Hall–Kier alpha value is -3.28. The molecule has 1 aliphatic carbocycles. The van der Waals surface area contributed by atoms with Crippen molar-refractivity contribution in [2.75, 3.05) is 12.4 Å². The molecule has 6 nitrogen and oxygen atoms in total. The normalized spacial score (nSPS) is 18.7. The minimum atomic E-state index is -0.0805. The molecule has 3 aromatic rings. The third-order valence-electron chi connectivity index (χ3n) is 6.01. The summed E-state index contributed by atoms with van der Waals surface area (Å²) in [5.41, 5.74) is 2.96. The molecule has 5 rings (SSSR count). The zero-order valence-corrected chi connectivity index (χ0v) is 17.0. The first-order valence-electron chi connectivity index (χ1n) is 10.5. The molecule has 6 heteroatoms. The molecular weight excluding hydrogens is 378 g/mol. The lowest BCUT2D eigenvalue weighted by molar-refractivity contribution is -0.116. The molecule has 0 bridgehead atoms. The lowest BCUT2D eigenvalue weighted by atomic mass is 9.87. The summed E-state index contributed by atoms with van der Waals surface area (Å²) >= 11 is 0. The number of hydrogen-bond donors (Lipinski definition) is 1. The minimum absolute atomic E-state index is 0.0146. The van der Waals surface area contributed by atoms with Crippen molar-refractivity contribution >= 4 is 11.7 Å². The van der Waals surface area contributed by atoms with Crippen molar-refractivity contribution in [1.82, 2.24) is 9.78 Å². The summed E-state index contributed by atoms with van der Waals surface area (Å²) in [5, 5.41) is 7.57. The third-order valence-corrected chi connectivity index (χ3v) is 6.01. The maximum absolute atomic E-state index is 12.6. The van der Waals surface area contributed by atoms with Crippen molar-refractivity contribution in [2.45, 2.75) is 44.1 Å². The Morgan fingerprint density at radius 2 is 1.87 bits per heavy atom. The Morgan fingerprint density at radius 1 is 1.07 bits per heavy atom. The third kappa shape index (κ3) is 3.43. The van der Waals surface area contributed by atoms with E-state index in [4.69, 9.17) is 9.47 Å². The Balaban J connectivity index is 1.52. The van der Waals surface area contributed by atoms with Crippen LogP contribution in [0.15, 0.2) is 54.7 Å². The van der Waals surface area contributed by atoms with Gasteiger partial charge in [-0.2, -0.15) is 5.10 Å². The number of para-hydroxylation sites is 1. The number of nitrogens with zero attached hydrogens (tertiary/aromatic N) is 2. The molecule has 1 aliphatic heterocycles. The van der Waals surface area contributed by atoms with Crippen molar-refractivity contribution in [1.29, 1.82) is 0 Å². The zero-order valence-electron chi connectivity index (χ0n) is 17.0. The van der Waals surface area contributed by atoms with E-state index >= 15 is 0 Å². The van der Waals surface area contributed by atoms with Gasteiger partial charge >= 0.3 is 0 Å². The van der Waals surface area contributed by atoms with Crippen LogP contribution >= 0.6 is 0 Å². The Morgan fingerprint density at radius 3 is 2.63 bits per heavy atom. The van der Waals surface area contributed by atoms with E-state index in [1.165, 1.54) is 12.8 Å². The van der Waals surface area contributed by atoms with Crippen LogP contribution < -0.4 is 14.8 Å². The largest absolute Gasteiger partial charge is 0.493 e. The highest BCUT2D eigenvalue weighted by molar-refractivity contribution is 5.94. The zero-order chi connectivity index (χ0) is 20.5. The number of fused-ring (bicyclic) bond motifs is 1. The lowest BCUT2D eigenvalue weighted by Gasteiger charge is -2.25. The van der Waals surface area contributed by atoms with Crippen LogP contribution in [-0.2, 0) is 4.79 Å². The maximum atomic E-state index is 12.6. The summed E-state index contributed by atoms with van der Waals surface area (Å²) < 4.78 is 13.6. The molecule has 1 fully saturated rings. The van der Waals surface area contributed by atoms with Crippen LogP contribution in [-0.4, -0.2) is 28.9 Å². The summed E-state index contributed by atoms with van der Waals surface area (Å²) in [6.07, 6.45) is 7.03. The van der Waals surface area contributed by atoms with Crippen LogP contribution in [0.4, 0.5) is 5.82 Å². The number of hydrogen-bond acceptors (Lipinski definition) is 4. The Bertz CT molecular complexity index is 1050. The molecular formula is C24H25N3O3. The highest BCUT2D eigenvalue weighted by atomic mass is 16.5. The molecule has 1 atom stereocenters. The number of benzene rings is 2. The van der Waals surface area contributed by atoms with Crippen LogP contribution in [0.25, 0.3) is 5.69 Å². The average molecular weight is 403 g/mol. The van der Waals surface area contributed by atoms with Gasteiger partial charge in [0, 0.05) is 17.9 Å². The van der Waals surface area contributed by atoms with Gasteiger partial charge in [0.15, 0.2) is 11.5 Å². The number of amides is 1. The molecule has 0 spiro atoms. The van der Waals surface area contributed by atoms with Gasteiger partial charge in [0.05, 0.1) is 25.1 Å². The monoisotopic (exact) mass is 403 g/mol. The van der Waals surface area contributed by atoms with E-state index in [0.29, 0.717) is 6.42 Å². The standard InChI is InChI=1S/C24H25N3O3/c1-29-21-12-11-16(13-22(21)30-18-9-5-6-10-18)19-14-23(28)26-24-20(19)15-25-27(24)17-7-3-2-4-8-17/h2-4,7-8,11-13,15,18-19H,5-6,9-10,14H2,1H3,(H,26,28). The van der Waals surface area contributed by atoms with E-state index in [0.717, 1.165) is 47.0 Å². The summed E-state index contributed by atoms with van der Waals surface area (Å²) in [7, 11) is 1.66. The van der Waals surface area contributed by atoms with Crippen LogP contribution in [0.1, 0.15) is 49.1 Å². The number of rotatable bonds is 5. The van der Waals surface area contributed by atoms with Gasteiger partial charge in [-0.15, -0.1) is 0 Å². The summed E-state index contributed by atoms with van der Waals surface area (Å²) in [5.74, 6) is 2.12. The summed E-state index contributed by atoms with van der Waals surface area (Å²) in [6, 6.07) is 15.8. The Labute approximate surface area is 175 Å². The summed E-state index contributed by atoms with van der Waals surface area (Å²) in [4.78, 5) is 12.6. The quantitative estimate of drug-likeness (QED) is 0.672. The van der Waals surface area contributed by atoms with Crippen molar-refractivity contribution in [3.8, 4) is 17.2 Å². The molecule has 30 heavy (non-hydrogen) atoms. The minimum Gasteiger partial charge on any atom is -0.493 e. The molecule has 2 aliphatic rings. The predicted molar refractivity (Wildman–Crippen MR) is 115 cm³/mol. The van der Waals surface area contributed by atoms with E-state index in [9.17, 15) is 4.79 Å². The highest BCUT2D eigenvalue weighted by Gasteiger charge is 2.31. The molecule has 2 heterocycles. The van der Waals surface area contributed by atoms with E-state index < -0.39 is 0 Å². The van der Waals surface area contributed by atoms with E-state index in [2.05, 4.69) is 10.4 Å². The van der Waals surface area contributed by atoms with Crippen LogP contribution in [0.5, 0.6) is 11.5 Å². The van der Waals surface area contributed by atoms with Crippen molar-refractivity contribution < 1.29 is 14.3 Å². The van der Waals surface area contributed by atoms with Crippen molar-refractivity contribution in [3.05, 3.63) is 65.9 Å². The van der Waals surface area contributed by atoms with Gasteiger partial charge < -0.3 is 14.8 Å². The predicted octanol–water partition coefficient (Wildman–Crippen LogP) is 4.68. The van der Waals surface area contributed by atoms with E-state index in [1.54, 1.807) is 11.8 Å². The van der Waals surface area contributed by atoms with Gasteiger partial charge in [-0.25, -0.2) is 4.68 Å². The lowest BCUT2D eigenvalue weighted by Crippen LogP contribution is -2.24. The molecule has 154 valence electrons. The fraction of sp³-hybridized carbons (Fsp3) is 0.333. The molecule has 1 aromatic heterocycles. The Kier molecular flexibility index (Phi) is 4.91. The number of nitrogens with one attached hydrogen (secondary N) is 1. The molecule has 1 unspecified atom stereocenters. The van der Waals surface area contributed by atoms with Crippen molar-refractivity contribution in [3.63, 3.8) is 0 Å². The van der Waals surface area contributed by atoms with Crippen LogP contribution in [0.2, 0.25) is 0 Å². The first kappa shape index (κ1) is 18.7. The van der Waals surface area contributed by atoms with Crippen LogP contribution in [0.3, 0.4) is 0 Å². The number of methoxy groups -OCH3 is 1. The number of carbonyl (C=O) groups excluding carboxylic acids is 1. The smallest absolute Gasteiger partial charge is 0.226 e. The molecule has 1 N–H and O–H groups in total. The second kappa shape index (κ2) is 7.86. The number of aromatic nitrogens is 2. The fourth-order valence-corrected chi connectivity index (χ4v) is 4.47. The van der Waals surface area contributed by atoms with Gasteiger partial charge in [0.25, 0.3) is 0 Å². The molecule has 2 aromatic carbocycles. The molecule has 0 radical (unpaired) electrons.